The fraction of sp³-hybridized carbons (Fsp3) is 0.253. The zero-order valence-electron chi connectivity index (χ0n) is 66.6. The lowest BCUT2D eigenvalue weighted by Gasteiger charge is -2.21. The van der Waals surface area contributed by atoms with Gasteiger partial charge in [0, 0.05) is 70.8 Å². The first-order chi connectivity index (χ1) is 58.1. The maximum absolute atomic E-state index is 15.9. The largest absolute Gasteiger partial charge is 0.384 e. The second-order valence-corrected chi connectivity index (χ2v) is 31.3. The van der Waals surface area contributed by atoms with Crippen LogP contribution < -0.4 is 54.8 Å². The van der Waals surface area contributed by atoms with Gasteiger partial charge < -0.3 is 59.9 Å². The van der Waals surface area contributed by atoms with Crippen LogP contribution in [0.15, 0.2) is 237 Å². The van der Waals surface area contributed by atoms with E-state index in [2.05, 4.69) is 78.3 Å². The number of aliphatic hydroxyl groups excluding tert-OH is 1. The molecule has 3 aromatic heterocycles. The molecular weight excluding hydrogens is 1590 g/mol. The van der Waals surface area contributed by atoms with E-state index in [9.17, 15) is 19.5 Å². The van der Waals surface area contributed by atoms with Gasteiger partial charge in [0.15, 0.2) is 28.8 Å². The highest BCUT2D eigenvalue weighted by atomic mass is 36.0. The van der Waals surface area contributed by atoms with Crippen molar-refractivity contribution in [3.8, 4) is 17.1 Å². The number of nitrogens with one attached hydrogen (secondary N) is 6. The molecule has 29 heteroatoms. The molecule has 3 aliphatic carbocycles. The van der Waals surface area contributed by atoms with Crippen molar-refractivity contribution in [1.82, 2.24) is 45.3 Å². The van der Waals surface area contributed by atoms with E-state index in [0.717, 1.165) is 61.0 Å². The van der Waals surface area contributed by atoms with Crippen LogP contribution in [0.4, 0.5) is 41.6 Å². The molecule has 3 saturated carbocycles. The quantitative estimate of drug-likeness (QED) is 0.0129. The third-order valence-electron chi connectivity index (χ3n) is 19.4. The van der Waals surface area contributed by atoms with E-state index in [1.807, 2.05) is 97.9 Å². The highest BCUT2D eigenvalue weighted by Gasteiger charge is 2.30. The Balaban J connectivity index is 0.000000173. The van der Waals surface area contributed by atoms with Crippen molar-refractivity contribution < 1.29 is 36.9 Å². The maximum atomic E-state index is 15.9. The van der Waals surface area contributed by atoms with E-state index in [1.54, 1.807) is 152 Å². The highest BCUT2D eigenvalue weighted by molar-refractivity contribution is 8.26. The number of aromatic nitrogens is 6. The molecule has 3 unspecified atom stereocenters. The smallest absolute Gasteiger partial charge is 0.274 e. The molecule has 0 aliphatic heterocycles. The molecule has 23 nitrogen and oxygen atoms in total. The highest BCUT2D eigenvalue weighted by Crippen LogP contribution is 2.36. The molecule has 3 aliphatic rings. The van der Waals surface area contributed by atoms with E-state index < -0.39 is 50.5 Å². The summed E-state index contributed by atoms with van der Waals surface area (Å²) in [6.07, 6.45) is 6.39. The Morgan fingerprint density at radius 1 is 0.467 bits per heavy atom. The number of benzene rings is 9. The first-order valence-electron chi connectivity index (χ1n) is 39.2. The summed E-state index contributed by atoms with van der Waals surface area (Å²) in [5, 5.41) is 42.0. The van der Waals surface area contributed by atoms with E-state index in [4.69, 9.17) is 40.3 Å². The Kier molecular flexibility index (Phi) is 34.2. The summed E-state index contributed by atoms with van der Waals surface area (Å²) >= 11 is 0. The van der Waals surface area contributed by atoms with Crippen LogP contribution in [0.25, 0.3) is 26.8 Å². The number of amides is 3. The van der Waals surface area contributed by atoms with Crippen molar-refractivity contribution >= 4 is 76.7 Å². The molecule has 0 saturated heterocycles. The van der Waals surface area contributed by atoms with Gasteiger partial charge >= 0.3 is 0 Å². The number of aliphatic hydroxyl groups is 1. The summed E-state index contributed by atoms with van der Waals surface area (Å²) in [6, 6.07) is 68.4. The second kappa shape index (κ2) is 45.4. The molecule has 15 N–H and O–H groups in total. The van der Waals surface area contributed by atoms with Crippen LogP contribution >= 0.6 is 21.4 Å². The average molecular weight is 1680 g/mol. The van der Waals surface area contributed by atoms with E-state index >= 15 is 13.2 Å². The zero-order valence-corrected chi connectivity index (χ0v) is 69.0. The van der Waals surface area contributed by atoms with Gasteiger partial charge in [-0.25, -0.2) is 41.1 Å². The zero-order chi connectivity index (χ0) is 85.6. The minimum absolute atomic E-state index is 0.0530. The monoisotopic (exact) mass is 1680 g/mol. The molecule has 3 atom stereocenters. The Morgan fingerprint density at radius 3 is 1.13 bits per heavy atom. The van der Waals surface area contributed by atoms with Gasteiger partial charge in [0.05, 0.1) is 76.4 Å². The van der Waals surface area contributed by atoms with Crippen molar-refractivity contribution in [2.75, 3.05) is 61.8 Å². The number of aryl methyl sites for hydroxylation is 3. The lowest BCUT2D eigenvalue weighted by atomic mass is 9.97. The number of halogens is 5. The van der Waals surface area contributed by atoms with Gasteiger partial charge in [0.25, 0.3) is 17.7 Å². The van der Waals surface area contributed by atoms with Crippen LogP contribution in [0, 0.1) is 69.1 Å². The fourth-order valence-corrected chi connectivity index (χ4v) is 12.7. The molecule has 9 aromatic carbocycles. The van der Waals surface area contributed by atoms with Gasteiger partial charge in [0.2, 0.25) is 9.23 Å². The van der Waals surface area contributed by atoms with Crippen LogP contribution in [0.2, 0.25) is 0 Å². The van der Waals surface area contributed by atoms with Crippen LogP contribution in [-0.4, -0.2) is 102 Å². The van der Waals surface area contributed by atoms with E-state index in [-0.39, 0.29) is 46.1 Å². The van der Waals surface area contributed by atoms with Crippen molar-refractivity contribution in [3.05, 3.63) is 350 Å². The number of hydrogen-bond donors (Lipinski definition) is 11. The Hall–Kier alpha value is -11.8. The predicted octanol–water partition coefficient (Wildman–Crippen LogP) is 16.4. The minimum atomic E-state index is -1.67. The van der Waals surface area contributed by atoms with Crippen LogP contribution in [0.5, 0.6) is 0 Å². The first-order valence-corrected chi connectivity index (χ1v) is 42.0. The third-order valence-corrected chi connectivity index (χ3v) is 19.4. The van der Waals surface area contributed by atoms with Gasteiger partial charge in [-0.3, -0.25) is 14.4 Å². The number of rotatable bonds is 27. The molecule has 3 fully saturated rings. The number of nitrogens with two attached hydrogens (primary N) is 4. The summed E-state index contributed by atoms with van der Waals surface area (Å²) in [7, 11) is 7.36. The molecule has 120 heavy (non-hydrogen) atoms. The van der Waals surface area contributed by atoms with Gasteiger partial charge in [0.1, 0.15) is 23.2 Å². The van der Waals surface area contributed by atoms with Gasteiger partial charge in [-0.15, -0.1) is 0 Å². The topological polar surface area (TPSA) is 327 Å². The lowest BCUT2D eigenvalue weighted by molar-refractivity contribution is 0.101. The number of carbonyl (C=O) groups is 3. The molecule has 622 valence electrons. The number of nitrogens with zero attached hydrogens (tertiary/aromatic N) is 8. The van der Waals surface area contributed by atoms with Crippen molar-refractivity contribution in [1.29, 1.82) is 0 Å². The van der Waals surface area contributed by atoms with Crippen LogP contribution in [0.1, 0.15) is 144 Å². The van der Waals surface area contributed by atoms with E-state index in [0.29, 0.717) is 93.7 Å². The minimum Gasteiger partial charge on any atom is -0.384 e. The summed E-state index contributed by atoms with van der Waals surface area (Å²) in [5.74, 6) is -0.935. The standard InChI is InChI=1S/C29H26FN5O.C29H30FN5O.C25H19FN4O2.C4H13N3.C4H9N.Cl2OS/c1-19-16-26(35(34-19)23-11-6-10-22(17-23)31-2)29(36)33-25-13-7-12-24(27(25)30)28(32-18-20-14-15-20)21-8-4-3-5-9-21;1-19-15-26(35(34-19)23-10-5-7-21(16-23)17-31)29(36)33-25-12-6-11-24(27(25)30)28(32-18-20-13-14-20)22-8-3-2-4-9-22;1-16-14-22(30(29-16)19-11-6-10-18(15-19)27-2)25(32)28-21-13-7-12-20(23(21)26)24(31)17-8-4-3-5-9-17;5-1-3-7-4-2-6;5-3-4-1-2-4;1-4(2)3/h3-13,16-17,20,28,32H,14-15,18H2,1H3,(H,33,36);2-12,15-16,20,28,32H,13-14,17-18,31H2,1H3,(H,33,36);3-15,24,31H,1H3,(H,28,32);7H,1-6H2;4H,1-3,5H2;. The van der Waals surface area contributed by atoms with Gasteiger partial charge in [-0.1, -0.05) is 164 Å². The van der Waals surface area contributed by atoms with Crippen molar-refractivity contribution in [2.45, 2.75) is 84.0 Å². The number of hydrogen-bond acceptors (Lipinski definition) is 15. The molecule has 12 aromatic rings. The molecule has 0 spiro atoms. The molecular formula is C91H97Cl2F3N18O5S. The van der Waals surface area contributed by atoms with Crippen molar-refractivity contribution in [3.63, 3.8) is 0 Å². The Labute approximate surface area is 708 Å². The average Bonchev–Trinajstić information content (AvgIpc) is 1.43. The first kappa shape index (κ1) is 90.5. The molecule has 3 amide bonds. The molecule has 15 rings (SSSR count). The second-order valence-electron chi connectivity index (χ2n) is 28.8. The van der Waals surface area contributed by atoms with Gasteiger partial charge in [-0.2, -0.15) is 15.3 Å². The summed E-state index contributed by atoms with van der Waals surface area (Å²) in [5.41, 5.74) is 31.4. The van der Waals surface area contributed by atoms with Gasteiger partial charge in [-0.05, 0) is 192 Å². The molecule has 0 bridgehead atoms. The normalized spacial score (nSPS) is 13.2. The molecule has 0 radical (unpaired) electrons. The predicted molar refractivity (Wildman–Crippen MR) is 470 cm³/mol. The third kappa shape index (κ3) is 26.3. The van der Waals surface area contributed by atoms with Crippen LogP contribution in [-0.2, 0) is 15.8 Å². The van der Waals surface area contributed by atoms with Crippen LogP contribution in [0.3, 0.4) is 0 Å². The summed E-state index contributed by atoms with van der Waals surface area (Å²) < 4.78 is 60.4. The fourth-order valence-electron chi connectivity index (χ4n) is 12.7. The number of carbonyl (C=O) groups excluding carboxylic acids is 3. The SMILES string of the molecule is Cc1cc(C(=O)Nc2cccc(C(NCC3CC3)c3ccccc3)c2F)n(-c2cccc(CN)c2)n1.NCC1CC1.NCCNCCN.O=S(Cl)Cl.[C-]#[N+]c1cccc(-n2nc(C)cc2C(=O)Nc2cccc(C(NCC3CC3)c3ccccc3)c2F)c1.[C-]#[N+]c1cccc(-n2nc(C)cc2C(=O)Nc2cccc(C(O)c3ccccc3)c2F)c1. The van der Waals surface area contributed by atoms with E-state index in [1.165, 1.54) is 60.0 Å². The summed E-state index contributed by atoms with van der Waals surface area (Å²) in [4.78, 5) is 46.5. The Bertz CT molecular complexity index is 5500. The number of anilines is 3. The molecule has 3 heterocycles. The Morgan fingerprint density at radius 2 is 0.800 bits per heavy atom. The van der Waals surface area contributed by atoms with Crippen molar-refractivity contribution in [2.24, 2.45) is 40.7 Å². The lowest BCUT2D eigenvalue weighted by Crippen LogP contribution is -2.27. The maximum Gasteiger partial charge on any atom is 0.274 e. The summed E-state index contributed by atoms with van der Waals surface area (Å²) in [6.45, 7) is 25.9.